The fraction of sp³-hybridized carbons (Fsp3) is 0.565. The van der Waals surface area contributed by atoms with Crippen LogP contribution < -0.4 is 10.1 Å². The number of nitrogens with one attached hydrogen (secondary N) is 1. The molecule has 1 aromatic heterocycles. The van der Waals surface area contributed by atoms with E-state index in [-0.39, 0.29) is 11.3 Å². The molecule has 0 aliphatic heterocycles. The first-order valence-corrected chi connectivity index (χ1v) is 11.4. The molecule has 4 fully saturated rings. The Hall–Kier alpha value is -1.88. The zero-order chi connectivity index (χ0) is 19.3. The lowest BCUT2D eigenvalue weighted by Gasteiger charge is -2.55. The molecule has 28 heavy (non-hydrogen) atoms. The van der Waals surface area contributed by atoms with E-state index in [9.17, 15) is 4.79 Å². The van der Waals surface area contributed by atoms with Gasteiger partial charge in [-0.3, -0.25) is 4.79 Å². The molecule has 1 amide bonds. The van der Waals surface area contributed by atoms with Crippen molar-refractivity contribution in [2.75, 3.05) is 11.9 Å². The van der Waals surface area contributed by atoms with Crippen LogP contribution in [-0.2, 0) is 4.79 Å². The first-order chi connectivity index (χ1) is 13.5. The lowest BCUT2D eigenvalue weighted by atomic mass is 9.49. The van der Waals surface area contributed by atoms with Gasteiger partial charge in [-0.05, 0) is 94.4 Å². The Balaban J connectivity index is 1.34. The summed E-state index contributed by atoms with van der Waals surface area (Å²) >= 11 is 1.58. The summed E-state index contributed by atoms with van der Waals surface area (Å²) in [4.78, 5) is 19.2. The summed E-state index contributed by atoms with van der Waals surface area (Å²) in [7, 11) is 0. The van der Waals surface area contributed by atoms with Crippen molar-refractivity contribution in [2.24, 2.45) is 23.2 Å². The van der Waals surface area contributed by atoms with E-state index in [0.29, 0.717) is 6.61 Å². The number of anilines is 1. The van der Waals surface area contributed by atoms with Gasteiger partial charge < -0.3 is 10.1 Å². The molecule has 148 valence electrons. The van der Waals surface area contributed by atoms with E-state index in [0.717, 1.165) is 64.0 Å². The van der Waals surface area contributed by atoms with Crippen molar-refractivity contribution in [1.82, 2.24) is 4.98 Å². The average molecular weight is 397 g/mol. The summed E-state index contributed by atoms with van der Waals surface area (Å²) in [6.07, 6.45) is 7.31. The minimum Gasteiger partial charge on any atom is -0.494 e. The molecule has 0 atom stereocenters. The number of carbonyl (C=O) groups excluding carboxylic acids is 1. The van der Waals surface area contributed by atoms with Crippen LogP contribution in [0.5, 0.6) is 5.75 Å². The lowest BCUT2D eigenvalue weighted by Crippen LogP contribution is -2.51. The highest BCUT2D eigenvalue weighted by molar-refractivity contribution is 7.16. The highest BCUT2D eigenvalue weighted by Crippen LogP contribution is 2.60. The summed E-state index contributed by atoms with van der Waals surface area (Å²) in [5.41, 5.74) is 1.88. The predicted octanol–water partition coefficient (Wildman–Crippen LogP) is 5.67. The van der Waals surface area contributed by atoms with Crippen LogP contribution in [0.3, 0.4) is 0 Å². The summed E-state index contributed by atoms with van der Waals surface area (Å²) in [6.45, 7) is 4.72. The van der Waals surface area contributed by atoms with Crippen molar-refractivity contribution in [3.05, 3.63) is 29.1 Å². The molecule has 5 heteroatoms. The van der Waals surface area contributed by atoms with Gasteiger partial charge in [0.2, 0.25) is 5.91 Å². The molecule has 1 aromatic carbocycles. The molecule has 0 radical (unpaired) electrons. The Bertz CT molecular complexity index is 851. The molecular weight excluding hydrogens is 368 g/mol. The number of aryl methyl sites for hydroxylation is 1. The molecule has 0 unspecified atom stereocenters. The quantitative estimate of drug-likeness (QED) is 0.708. The molecule has 4 aliphatic carbocycles. The van der Waals surface area contributed by atoms with E-state index in [4.69, 9.17) is 9.72 Å². The maximum Gasteiger partial charge on any atom is 0.232 e. The van der Waals surface area contributed by atoms with Crippen LogP contribution in [0, 0.1) is 30.1 Å². The van der Waals surface area contributed by atoms with Crippen molar-refractivity contribution in [1.29, 1.82) is 0 Å². The number of carbonyl (C=O) groups is 1. The minimum absolute atomic E-state index is 0.131. The van der Waals surface area contributed by atoms with Crippen molar-refractivity contribution in [3.8, 4) is 17.0 Å². The molecule has 1 heterocycles. The summed E-state index contributed by atoms with van der Waals surface area (Å²) in [5.74, 6) is 3.41. The van der Waals surface area contributed by atoms with Crippen molar-refractivity contribution in [2.45, 2.75) is 52.4 Å². The zero-order valence-electron chi connectivity index (χ0n) is 16.7. The number of ether oxygens (including phenoxy) is 1. The topological polar surface area (TPSA) is 51.2 Å². The molecule has 4 aliphatic rings. The smallest absolute Gasteiger partial charge is 0.232 e. The monoisotopic (exact) mass is 396 g/mol. The molecule has 4 nitrogen and oxygen atoms in total. The number of thiazole rings is 1. The SMILES string of the molecule is CCOc1ccc(-c2nc(NC(=O)C34CC5CC(CC(C5)C3)C4)sc2C)cc1. The van der Waals surface area contributed by atoms with E-state index in [1.807, 2.05) is 31.2 Å². The molecule has 4 bridgehead atoms. The Kier molecular flexibility index (Phi) is 4.46. The molecule has 0 saturated heterocycles. The normalized spacial score (nSPS) is 30.4. The van der Waals surface area contributed by atoms with Gasteiger partial charge >= 0.3 is 0 Å². The maximum atomic E-state index is 13.3. The number of benzene rings is 1. The summed E-state index contributed by atoms with van der Waals surface area (Å²) in [5, 5.41) is 3.94. The van der Waals surface area contributed by atoms with Crippen LogP contribution in [0.2, 0.25) is 0 Å². The van der Waals surface area contributed by atoms with Crippen LogP contribution in [0.25, 0.3) is 11.3 Å². The van der Waals surface area contributed by atoms with E-state index >= 15 is 0 Å². The number of amides is 1. The van der Waals surface area contributed by atoms with Gasteiger partial charge in [0.15, 0.2) is 5.13 Å². The molecule has 2 aromatic rings. The number of nitrogens with zero attached hydrogens (tertiary/aromatic N) is 1. The molecular formula is C23H28N2O2S. The van der Waals surface area contributed by atoms with Crippen molar-refractivity contribution < 1.29 is 9.53 Å². The Labute approximate surface area is 170 Å². The fourth-order valence-electron chi connectivity index (χ4n) is 6.21. The number of rotatable bonds is 5. The fourth-order valence-corrected chi connectivity index (χ4v) is 7.04. The largest absolute Gasteiger partial charge is 0.494 e. The second kappa shape index (κ2) is 6.87. The van der Waals surface area contributed by atoms with Gasteiger partial charge in [-0.15, -0.1) is 11.3 Å². The molecule has 1 N–H and O–H groups in total. The van der Waals surface area contributed by atoms with Gasteiger partial charge in [0.25, 0.3) is 0 Å². The van der Waals surface area contributed by atoms with Crippen molar-refractivity contribution in [3.63, 3.8) is 0 Å². The van der Waals surface area contributed by atoms with Gasteiger partial charge in [-0.25, -0.2) is 4.98 Å². The lowest BCUT2D eigenvalue weighted by molar-refractivity contribution is -0.140. The minimum atomic E-state index is -0.131. The number of hydrogen-bond acceptors (Lipinski definition) is 4. The van der Waals surface area contributed by atoms with Gasteiger partial charge in [-0.2, -0.15) is 0 Å². The molecule has 0 spiro atoms. The van der Waals surface area contributed by atoms with E-state index < -0.39 is 0 Å². The third-order valence-electron chi connectivity index (χ3n) is 6.98. The highest BCUT2D eigenvalue weighted by atomic mass is 32.1. The van der Waals surface area contributed by atoms with Gasteiger partial charge in [0, 0.05) is 10.4 Å². The second-order valence-electron chi connectivity index (χ2n) is 9.03. The third kappa shape index (κ3) is 3.14. The van der Waals surface area contributed by atoms with Crippen LogP contribution in [0.15, 0.2) is 24.3 Å². The van der Waals surface area contributed by atoms with E-state index in [2.05, 4.69) is 12.2 Å². The number of hydrogen-bond donors (Lipinski definition) is 1. The Morgan fingerprint density at radius 2 is 1.75 bits per heavy atom. The van der Waals surface area contributed by atoms with Crippen LogP contribution in [0.1, 0.15) is 50.3 Å². The average Bonchev–Trinajstić information content (AvgIpc) is 3.02. The maximum absolute atomic E-state index is 13.3. The second-order valence-corrected chi connectivity index (χ2v) is 10.2. The zero-order valence-corrected chi connectivity index (χ0v) is 17.5. The summed E-state index contributed by atoms with van der Waals surface area (Å²) < 4.78 is 5.53. The number of aromatic nitrogens is 1. The van der Waals surface area contributed by atoms with Crippen LogP contribution in [0.4, 0.5) is 5.13 Å². The first kappa shape index (κ1) is 18.2. The highest BCUT2D eigenvalue weighted by Gasteiger charge is 2.54. The van der Waals surface area contributed by atoms with Crippen LogP contribution in [-0.4, -0.2) is 17.5 Å². The summed E-state index contributed by atoms with van der Waals surface area (Å²) in [6, 6.07) is 8.03. The standard InChI is InChI=1S/C23H28N2O2S/c1-3-27-19-6-4-18(5-7-19)20-14(2)28-22(24-20)25-21(26)23-11-15-8-16(12-23)10-17(9-15)13-23/h4-7,15-17H,3,8-13H2,1-2H3,(H,24,25,26). The van der Waals surface area contributed by atoms with Gasteiger partial charge in [0.05, 0.1) is 17.7 Å². The first-order valence-electron chi connectivity index (χ1n) is 10.6. The van der Waals surface area contributed by atoms with Gasteiger partial charge in [0.1, 0.15) is 5.75 Å². The van der Waals surface area contributed by atoms with Crippen molar-refractivity contribution >= 4 is 22.4 Å². The Morgan fingerprint density at radius 3 is 2.32 bits per heavy atom. The van der Waals surface area contributed by atoms with Gasteiger partial charge in [-0.1, -0.05) is 0 Å². The molecule has 6 rings (SSSR count). The van der Waals surface area contributed by atoms with Crippen LogP contribution >= 0.6 is 11.3 Å². The van der Waals surface area contributed by atoms with E-state index in [1.54, 1.807) is 11.3 Å². The third-order valence-corrected chi connectivity index (χ3v) is 7.86. The van der Waals surface area contributed by atoms with E-state index in [1.165, 1.54) is 19.3 Å². The predicted molar refractivity (Wildman–Crippen MR) is 113 cm³/mol. The Morgan fingerprint density at radius 1 is 1.14 bits per heavy atom. The molecule has 4 saturated carbocycles.